The van der Waals surface area contributed by atoms with Gasteiger partial charge < -0.3 is 14.2 Å². The summed E-state index contributed by atoms with van der Waals surface area (Å²) in [5, 5.41) is 0. The number of ether oxygens (including phenoxy) is 3. The number of allylic oxidation sites excluding steroid dienone is 10. The lowest BCUT2D eigenvalue weighted by molar-refractivity contribution is -0.167. The third-order valence-corrected chi connectivity index (χ3v) is 15.2. The molecule has 0 N–H and O–H groups in total. The molecule has 0 fully saturated rings. The molecule has 6 heteroatoms. The van der Waals surface area contributed by atoms with E-state index in [-0.39, 0.29) is 31.1 Å². The number of carbonyl (C=O) groups is 3. The average molecular weight is 1090 g/mol. The highest BCUT2D eigenvalue weighted by Gasteiger charge is 2.19. The van der Waals surface area contributed by atoms with Crippen LogP contribution in [0.5, 0.6) is 0 Å². The second kappa shape index (κ2) is 66.6. The lowest BCUT2D eigenvalue weighted by Gasteiger charge is -2.18. The summed E-state index contributed by atoms with van der Waals surface area (Å²) >= 11 is 0. The predicted octanol–water partition coefficient (Wildman–Crippen LogP) is 23.5. The lowest BCUT2D eigenvalue weighted by Crippen LogP contribution is -2.30. The number of carbonyl (C=O) groups excluding carboxylic acids is 3. The molecule has 0 aliphatic rings. The molecule has 0 aliphatic heterocycles. The van der Waals surface area contributed by atoms with Gasteiger partial charge in [-0.1, -0.05) is 300 Å². The van der Waals surface area contributed by atoms with E-state index in [0.29, 0.717) is 19.3 Å². The molecule has 0 aromatic heterocycles. The van der Waals surface area contributed by atoms with Crippen molar-refractivity contribution in [2.24, 2.45) is 0 Å². The van der Waals surface area contributed by atoms with Crippen LogP contribution in [0.4, 0.5) is 0 Å². The van der Waals surface area contributed by atoms with E-state index in [2.05, 4.69) is 81.5 Å². The van der Waals surface area contributed by atoms with E-state index in [1.54, 1.807) is 0 Å². The molecule has 6 nitrogen and oxygen atoms in total. The third kappa shape index (κ3) is 63.9. The van der Waals surface area contributed by atoms with Gasteiger partial charge in [0, 0.05) is 19.3 Å². The van der Waals surface area contributed by atoms with Crippen LogP contribution in [0.25, 0.3) is 0 Å². The molecule has 0 aliphatic carbocycles. The van der Waals surface area contributed by atoms with E-state index in [9.17, 15) is 14.4 Å². The Balaban J connectivity index is 4.13. The van der Waals surface area contributed by atoms with Crippen molar-refractivity contribution in [2.45, 2.75) is 367 Å². The van der Waals surface area contributed by atoms with Gasteiger partial charge in [0.2, 0.25) is 0 Å². The maximum Gasteiger partial charge on any atom is 0.306 e. The van der Waals surface area contributed by atoms with E-state index in [0.717, 1.165) is 83.5 Å². The van der Waals surface area contributed by atoms with Gasteiger partial charge in [-0.25, -0.2) is 0 Å². The van der Waals surface area contributed by atoms with Crippen LogP contribution in [0.3, 0.4) is 0 Å². The van der Waals surface area contributed by atoms with E-state index >= 15 is 0 Å². The molecule has 0 saturated heterocycles. The van der Waals surface area contributed by atoms with Crippen molar-refractivity contribution in [1.82, 2.24) is 0 Å². The Bertz CT molecular complexity index is 1390. The third-order valence-electron chi connectivity index (χ3n) is 15.2. The quantitative estimate of drug-likeness (QED) is 0.0261. The molecule has 0 spiro atoms. The van der Waals surface area contributed by atoms with Gasteiger partial charge in [-0.3, -0.25) is 14.4 Å². The van der Waals surface area contributed by atoms with E-state index in [4.69, 9.17) is 14.2 Å². The number of unbranched alkanes of at least 4 members (excludes halogenated alkanes) is 42. The van der Waals surface area contributed by atoms with Crippen LogP contribution in [-0.2, 0) is 28.6 Å². The van der Waals surface area contributed by atoms with Crippen LogP contribution in [0, 0.1) is 0 Å². The van der Waals surface area contributed by atoms with Gasteiger partial charge in [-0.15, -0.1) is 0 Å². The zero-order valence-electron chi connectivity index (χ0n) is 52.2. The van der Waals surface area contributed by atoms with Gasteiger partial charge >= 0.3 is 17.9 Å². The molecular formula is C72H130O6. The Hall–Kier alpha value is -2.89. The Kier molecular flexibility index (Phi) is 64.2. The van der Waals surface area contributed by atoms with Gasteiger partial charge in [-0.05, 0) is 103 Å². The highest BCUT2D eigenvalue weighted by molar-refractivity contribution is 5.71. The smallest absolute Gasteiger partial charge is 0.306 e. The average Bonchev–Trinajstić information content (AvgIpc) is 3.44. The molecule has 0 saturated carbocycles. The Labute approximate surface area is 485 Å². The maximum atomic E-state index is 12.9. The topological polar surface area (TPSA) is 78.9 Å². The van der Waals surface area contributed by atoms with Crippen LogP contribution in [-0.4, -0.2) is 37.2 Å². The molecule has 0 bridgehead atoms. The summed E-state index contributed by atoms with van der Waals surface area (Å²) in [6.45, 7) is 6.60. The fraction of sp³-hybridized carbons (Fsp3) is 0.819. The number of rotatable bonds is 63. The van der Waals surface area contributed by atoms with Crippen molar-refractivity contribution in [3.05, 3.63) is 60.8 Å². The molecule has 0 aromatic rings. The van der Waals surface area contributed by atoms with E-state index < -0.39 is 6.10 Å². The minimum Gasteiger partial charge on any atom is -0.462 e. The summed E-state index contributed by atoms with van der Waals surface area (Å²) in [5.74, 6) is -0.869. The Morgan fingerprint density at radius 1 is 0.256 bits per heavy atom. The molecule has 454 valence electrons. The van der Waals surface area contributed by atoms with Gasteiger partial charge in [0.05, 0.1) is 0 Å². The van der Waals surface area contributed by atoms with Crippen molar-refractivity contribution < 1.29 is 28.6 Å². The summed E-state index contributed by atoms with van der Waals surface area (Å²) in [4.78, 5) is 38.3. The normalized spacial score (nSPS) is 12.4. The Morgan fingerprint density at radius 2 is 0.487 bits per heavy atom. The molecule has 0 amide bonds. The summed E-state index contributed by atoms with van der Waals surface area (Å²) in [6, 6.07) is 0. The molecule has 0 radical (unpaired) electrons. The summed E-state index contributed by atoms with van der Waals surface area (Å²) in [6.07, 6.45) is 85.4. The maximum absolute atomic E-state index is 12.9. The molecule has 1 unspecified atom stereocenters. The van der Waals surface area contributed by atoms with Gasteiger partial charge in [-0.2, -0.15) is 0 Å². The molecule has 0 aromatic carbocycles. The first-order valence-corrected chi connectivity index (χ1v) is 34.3. The van der Waals surface area contributed by atoms with Crippen molar-refractivity contribution in [3.8, 4) is 0 Å². The van der Waals surface area contributed by atoms with Crippen LogP contribution < -0.4 is 0 Å². The largest absolute Gasteiger partial charge is 0.462 e. The minimum atomic E-state index is -0.777. The van der Waals surface area contributed by atoms with Gasteiger partial charge in [0.1, 0.15) is 13.2 Å². The second-order valence-electron chi connectivity index (χ2n) is 23.1. The van der Waals surface area contributed by atoms with Crippen LogP contribution in [0.2, 0.25) is 0 Å². The number of esters is 3. The molecule has 1 atom stereocenters. The number of hydrogen-bond acceptors (Lipinski definition) is 6. The van der Waals surface area contributed by atoms with E-state index in [1.807, 2.05) is 0 Å². The fourth-order valence-electron chi connectivity index (χ4n) is 10.0. The SMILES string of the molecule is CCC/C=C\CCCCCCCC(=O)OCC(COC(=O)CCCCCCCCCCCCCCCCCC/C=C\C/C=C\C/C=C\CCCCCCC)OC(=O)CCCCCCCCCCC/C=C\CCCCCCCC. The van der Waals surface area contributed by atoms with Crippen LogP contribution in [0.1, 0.15) is 361 Å². The molecule has 0 rings (SSSR count). The van der Waals surface area contributed by atoms with Gasteiger partial charge in [0.25, 0.3) is 0 Å². The van der Waals surface area contributed by atoms with Crippen LogP contribution >= 0.6 is 0 Å². The highest BCUT2D eigenvalue weighted by atomic mass is 16.6. The summed E-state index contributed by atoms with van der Waals surface area (Å²) in [5.41, 5.74) is 0. The van der Waals surface area contributed by atoms with Crippen molar-refractivity contribution in [3.63, 3.8) is 0 Å². The first-order chi connectivity index (χ1) is 38.5. The lowest BCUT2D eigenvalue weighted by atomic mass is 10.0. The first kappa shape index (κ1) is 75.1. The van der Waals surface area contributed by atoms with Crippen molar-refractivity contribution in [1.29, 1.82) is 0 Å². The van der Waals surface area contributed by atoms with Crippen molar-refractivity contribution in [2.75, 3.05) is 13.2 Å². The molecular weight excluding hydrogens is 961 g/mol. The van der Waals surface area contributed by atoms with Crippen LogP contribution in [0.15, 0.2) is 60.8 Å². The standard InChI is InChI=1S/C72H130O6/c1-4-7-10-13-16-19-22-24-26-28-30-31-32-33-34-35-36-37-38-39-40-41-43-44-46-48-50-53-56-59-62-65-71(74)77-68-69(67-76-70(73)64-61-58-55-52-21-18-15-12-9-6-3)78-72(75)66-63-60-57-54-51-49-47-45-42-29-27-25-23-20-17-14-11-8-5-2/h12,15,22,24-25,27-28,30,32-33,69H,4-11,13-14,16-21,23,26,29,31,34-68H2,1-3H3/b15-12-,24-22-,27-25-,30-28-,33-32-. The summed E-state index contributed by atoms with van der Waals surface area (Å²) in [7, 11) is 0. The van der Waals surface area contributed by atoms with Gasteiger partial charge in [0.15, 0.2) is 6.10 Å². The van der Waals surface area contributed by atoms with E-state index in [1.165, 1.54) is 238 Å². The predicted molar refractivity (Wildman–Crippen MR) is 339 cm³/mol. The zero-order chi connectivity index (χ0) is 56.4. The first-order valence-electron chi connectivity index (χ1n) is 34.3. The zero-order valence-corrected chi connectivity index (χ0v) is 52.2. The minimum absolute atomic E-state index is 0.0745. The monoisotopic (exact) mass is 1090 g/mol. The molecule has 78 heavy (non-hydrogen) atoms. The highest BCUT2D eigenvalue weighted by Crippen LogP contribution is 2.17. The second-order valence-corrected chi connectivity index (χ2v) is 23.1. The molecule has 0 heterocycles. The number of hydrogen-bond donors (Lipinski definition) is 0. The summed E-state index contributed by atoms with van der Waals surface area (Å²) < 4.78 is 16.9. The fourth-order valence-corrected chi connectivity index (χ4v) is 10.0. The Morgan fingerprint density at radius 3 is 0.782 bits per heavy atom. The van der Waals surface area contributed by atoms with Crippen molar-refractivity contribution >= 4 is 17.9 Å².